The molecule has 10 heteroatoms. The summed E-state index contributed by atoms with van der Waals surface area (Å²) in [5, 5.41) is 7.38. The van der Waals surface area contributed by atoms with Crippen LogP contribution in [-0.4, -0.2) is 59.6 Å². The second-order valence-electron chi connectivity index (χ2n) is 8.84. The standard InChI is InChI=1S/C24H31N5O4S/c1-17(30)26-18-7-9-19(10-8-18)27-24-25-13-11-23(28-24)29-14-12-20-21(29)5-3-6-22(20)33-15-4-16-34(2,31)32/h3,5-6,11-14,18-19H,4,7-10,15-16H2,1-2H3,(H,26,30)(H,25,27,28)/t18-,19-. The van der Waals surface area contributed by atoms with Crippen molar-refractivity contribution in [3.63, 3.8) is 0 Å². The Morgan fingerprint density at radius 1 is 1.15 bits per heavy atom. The summed E-state index contributed by atoms with van der Waals surface area (Å²) in [7, 11) is -3.00. The van der Waals surface area contributed by atoms with Crippen molar-refractivity contribution >= 4 is 32.6 Å². The first-order valence-electron chi connectivity index (χ1n) is 11.6. The van der Waals surface area contributed by atoms with E-state index in [0.29, 0.717) is 24.7 Å². The molecule has 0 bridgehead atoms. The lowest BCUT2D eigenvalue weighted by atomic mass is 9.91. The van der Waals surface area contributed by atoms with E-state index in [1.807, 2.05) is 41.1 Å². The first-order valence-corrected chi connectivity index (χ1v) is 13.6. The summed E-state index contributed by atoms with van der Waals surface area (Å²) >= 11 is 0. The molecule has 1 saturated carbocycles. The normalized spacial score (nSPS) is 18.5. The number of carbonyl (C=O) groups excluding carboxylic acids is 1. The van der Waals surface area contributed by atoms with Crippen LogP contribution < -0.4 is 15.4 Å². The zero-order valence-corrected chi connectivity index (χ0v) is 20.3. The number of amides is 1. The number of rotatable bonds is 9. The molecule has 1 amide bonds. The van der Waals surface area contributed by atoms with Crippen LogP contribution in [0.2, 0.25) is 0 Å². The molecule has 0 spiro atoms. The molecule has 0 unspecified atom stereocenters. The minimum Gasteiger partial charge on any atom is -0.493 e. The average Bonchev–Trinajstić information content (AvgIpc) is 3.22. The van der Waals surface area contributed by atoms with E-state index in [2.05, 4.69) is 15.6 Å². The Kier molecular flexibility index (Phi) is 7.35. The number of fused-ring (bicyclic) bond motifs is 1. The third-order valence-corrected chi connectivity index (χ3v) is 7.00. The largest absolute Gasteiger partial charge is 0.493 e. The Balaban J connectivity index is 1.43. The zero-order valence-electron chi connectivity index (χ0n) is 19.5. The maximum absolute atomic E-state index is 11.3. The van der Waals surface area contributed by atoms with Crippen molar-refractivity contribution in [1.29, 1.82) is 0 Å². The lowest BCUT2D eigenvalue weighted by molar-refractivity contribution is -0.119. The fourth-order valence-electron chi connectivity index (χ4n) is 4.37. The van der Waals surface area contributed by atoms with Crippen molar-refractivity contribution in [2.45, 2.75) is 51.1 Å². The number of hydrogen-bond donors (Lipinski definition) is 2. The SMILES string of the molecule is CC(=O)N[C@H]1CC[C@H](Nc2nccc(-n3ccc4c(OCCCS(C)(=O)=O)cccc43)n2)CC1. The Bertz CT molecular complexity index is 1250. The van der Waals surface area contributed by atoms with E-state index in [1.54, 1.807) is 13.1 Å². The maximum atomic E-state index is 11.3. The van der Waals surface area contributed by atoms with Crippen molar-refractivity contribution < 1.29 is 17.9 Å². The van der Waals surface area contributed by atoms with Crippen LogP contribution in [0, 0.1) is 0 Å². The number of anilines is 1. The zero-order chi connectivity index (χ0) is 24.1. The number of sulfone groups is 1. The van der Waals surface area contributed by atoms with E-state index in [9.17, 15) is 13.2 Å². The van der Waals surface area contributed by atoms with E-state index >= 15 is 0 Å². The third-order valence-electron chi connectivity index (χ3n) is 5.97. The topological polar surface area (TPSA) is 115 Å². The van der Waals surface area contributed by atoms with Crippen LogP contribution in [0.3, 0.4) is 0 Å². The molecule has 1 aliphatic carbocycles. The van der Waals surface area contributed by atoms with Gasteiger partial charge in [0.25, 0.3) is 0 Å². The molecule has 0 saturated heterocycles. The number of ether oxygens (including phenoxy) is 1. The highest BCUT2D eigenvalue weighted by molar-refractivity contribution is 7.90. The third kappa shape index (κ3) is 6.25. The van der Waals surface area contributed by atoms with Crippen LogP contribution in [0.1, 0.15) is 39.0 Å². The summed E-state index contributed by atoms with van der Waals surface area (Å²) in [4.78, 5) is 20.4. The molecule has 2 heterocycles. The van der Waals surface area contributed by atoms with E-state index in [-0.39, 0.29) is 23.7 Å². The van der Waals surface area contributed by atoms with Gasteiger partial charge in [-0.3, -0.25) is 4.79 Å². The number of nitrogens with zero attached hydrogens (tertiary/aromatic N) is 3. The van der Waals surface area contributed by atoms with Gasteiger partial charge in [0.2, 0.25) is 11.9 Å². The summed E-state index contributed by atoms with van der Waals surface area (Å²) in [6.45, 7) is 1.89. The lowest BCUT2D eigenvalue weighted by Crippen LogP contribution is -2.39. The summed E-state index contributed by atoms with van der Waals surface area (Å²) in [6, 6.07) is 10.1. The molecule has 0 aliphatic heterocycles. The number of aromatic nitrogens is 3. The molecule has 3 aromatic rings. The van der Waals surface area contributed by atoms with Gasteiger partial charge in [-0.05, 0) is 56.4 Å². The van der Waals surface area contributed by atoms with Gasteiger partial charge >= 0.3 is 0 Å². The molecular weight excluding hydrogens is 454 g/mol. The monoisotopic (exact) mass is 485 g/mol. The van der Waals surface area contributed by atoms with Gasteiger partial charge in [0.15, 0.2) is 0 Å². The summed E-state index contributed by atoms with van der Waals surface area (Å²) in [5.41, 5.74) is 0.945. The number of benzene rings is 1. The Morgan fingerprint density at radius 2 is 1.91 bits per heavy atom. The van der Waals surface area contributed by atoms with Crippen LogP contribution in [0.4, 0.5) is 5.95 Å². The second kappa shape index (κ2) is 10.4. The van der Waals surface area contributed by atoms with E-state index in [4.69, 9.17) is 9.72 Å². The van der Waals surface area contributed by atoms with Crippen molar-refractivity contribution in [3.05, 3.63) is 42.7 Å². The minimum atomic E-state index is -3.00. The van der Waals surface area contributed by atoms with Crippen LogP contribution in [0.15, 0.2) is 42.7 Å². The molecule has 182 valence electrons. The van der Waals surface area contributed by atoms with Gasteiger partial charge < -0.3 is 19.9 Å². The highest BCUT2D eigenvalue weighted by Crippen LogP contribution is 2.29. The molecule has 1 aliphatic rings. The van der Waals surface area contributed by atoms with Crippen LogP contribution in [0.5, 0.6) is 5.75 Å². The van der Waals surface area contributed by atoms with Gasteiger partial charge in [-0.2, -0.15) is 4.98 Å². The lowest BCUT2D eigenvalue weighted by Gasteiger charge is -2.29. The number of carbonyl (C=O) groups is 1. The second-order valence-corrected chi connectivity index (χ2v) is 11.1. The maximum Gasteiger partial charge on any atom is 0.224 e. The molecule has 2 N–H and O–H groups in total. The summed E-state index contributed by atoms with van der Waals surface area (Å²) < 4.78 is 30.5. The average molecular weight is 486 g/mol. The van der Waals surface area contributed by atoms with Gasteiger partial charge in [-0.15, -0.1) is 0 Å². The van der Waals surface area contributed by atoms with Crippen molar-refractivity contribution in [2.75, 3.05) is 23.9 Å². The fourth-order valence-corrected chi connectivity index (χ4v) is 5.02. The van der Waals surface area contributed by atoms with Crippen molar-refractivity contribution in [3.8, 4) is 11.6 Å². The van der Waals surface area contributed by atoms with Gasteiger partial charge in [0, 0.05) is 43.0 Å². The fraction of sp³-hybridized carbons (Fsp3) is 0.458. The van der Waals surface area contributed by atoms with E-state index in [0.717, 1.165) is 42.4 Å². The predicted octanol–water partition coefficient (Wildman–Crippen LogP) is 3.09. The molecule has 0 atom stereocenters. The molecule has 2 aromatic heterocycles. The van der Waals surface area contributed by atoms with Crippen LogP contribution in [-0.2, 0) is 14.6 Å². The minimum absolute atomic E-state index is 0.0221. The summed E-state index contributed by atoms with van der Waals surface area (Å²) in [6.07, 6.45) is 9.14. The van der Waals surface area contributed by atoms with Gasteiger partial charge in [0.05, 0.1) is 17.9 Å². The molecule has 0 radical (unpaired) electrons. The predicted molar refractivity (Wildman–Crippen MR) is 132 cm³/mol. The van der Waals surface area contributed by atoms with E-state index in [1.165, 1.54) is 6.26 Å². The molecule has 4 rings (SSSR count). The van der Waals surface area contributed by atoms with Crippen LogP contribution in [0.25, 0.3) is 16.7 Å². The van der Waals surface area contributed by atoms with Gasteiger partial charge in [-0.1, -0.05) is 6.07 Å². The molecule has 9 nitrogen and oxygen atoms in total. The molecular formula is C24H31N5O4S. The quantitative estimate of drug-likeness (QED) is 0.448. The van der Waals surface area contributed by atoms with Gasteiger partial charge in [-0.25, -0.2) is 13.4 Å². The highest BCUT2D eigenvalue weighted by Gasteiger charge is 2.22. The first-order chi connectivity index (χ1) is 16.3. The van der Waals surface area contributed by atoms with Gasteiger partial charge in [0.1, 0.15) is 21.4 Å². The van der Waals surface area contributed by atoms with Crippen molar-refractivity contribution in [2.24, 2.45) is 0 Å². The molecule has 1 aromatic carbocycles. The number of nitrogens with one attached hydrogen (secondary N) is 2. The molecule has 1 fully saturated rings. The first kappa shape index (κ1) is 24.0. The van der Waals surface area contributed by atoms with Crippen LogP contribution >= 0.6 is 0 Å². The molecule has 34 heavy (non-hydrogen) atoms. The Morgan fingerprint density at radius 3 is 2.65 bits per heavy atom. The Labute approximate surface area is 199 Å². The van der Waals surface area contributed by atoms with Crippen molar-refractivity contribution in [1.82, 2.24) is 19.9 Å². The smallest absolute Gasteiger partial charge is 0.224 e. The summed E-state index contributed by atoms with van der Waals surface area (Å²) in [5.74, 6) is 2.17. The highest BCUT2D eigenvalue weighted by atomic mass is 32.2. The Hall–Kier alpha value is -3.14. The van der Waals surface area contributed by atoms with E-state index < -0.39 is 9.84 Å². The number of hydrogen-bond acceptors (Lipinski definition) is 7.